The first kappa shape index (κ1) is 11.6. The standard InChI is InChI=1S/C11H15ClFN3/c12-8-4-9(11(14)16-6-8)10(13)7-2-1-3-15-5-7/h4,6-7,10,15H,1-3,5H2,(H2,14,16). The number of nitrogens with two attached hydrogens (primary N) is 1. The van der Waals surface area contributed by atoms with Gasteiger partial charge in [-0.25, -0.2) is 9.37 Å². The van der Waals surface area contributed by atoms with Gasteiger partial charge in [-0.1, -0.05) is 11.6 Å². The van der Waals surface area contributed by atoms with Gasteiger partial charge in [0.2, 0.25) is 0 Å². The summed E-state index contributed by atoms with van der Waals surface area (Å²) in [5.74, 6) is 0.207. The van der Waals surface area contributed by atoms with Crippen LogP contribution in [0.1, 0.15) is 24.6 Å². The molecule has 0 bridgehead atoms. The van der Waals surface area contributed by atoms with E-state index in [0.717, 1.165) is 19.4 Å². The zero-order chi connectivity index (χ0) is 11.5. The van der Waals surface area contributed by atoms with Crippen molar-refractivity contribution in [2.45, 2.75) is 19.0 Å². The van der Waals surface area contributed by atoms with Gasteiger partial charge < -0.3 is 11.1 Å². The molecule has 1 saturated heterocycles. The molecule has 1 fully saturated rings. The summed E-state index contributed by atoms with van der Waals surface area (Å²) in [5, 5.41) is 3.61. The third-order valence-corrected chi connectivity index (χ3v) is 3.17. The number of hydrogen-bond acceptors (Lipinski definition) is 3. The monoisotopic (exact) mass is 243 g/mol. The van der Waals surface area contributed by atoms with Gasteiger partial charge in [0.15, 0.2) is 0 Å². The Bertz CT molecular complexity index is 366. The highest BCUT2D eigenvalue weighted by Gasteiger charge is 2.26. The molecule has 0 spiro atoms. The van der Waals surface area contributed by atoms with Crippen LogP contribution < -0.4 is 11.1 Å². The van der Waals surface area contributed by atoms with Gasteiger partial charge in [0, 0.05) is 24.2 Å². The van der Waals surface area contributed by atoms with Crippen LogP contribution in [0.2, 0.25) is 5.02 Å². The number of nitrogens with zero attached hydrogens (tertiary/aromatic N) is 1. The van der Waals surface area contributed by atoms with Crippen LogP contribution in [-0.2, 0) is 0 Å². The van der Waals surface area contributed by atoms with Crippen molar-refractivity contribution in [3.8, 4) is 0 Å². The van der Waals surface area contributed by atoms with E-state index >= 15 is 0 Å². The summed E-state index contributed by atoms with van der Waals surface area (Å²) >= 11 is 5.80. The summed E-state index contributed by atoms with van der Waals surface area (Å²) in [6.45, 7) is 1.65. The van der Waals surface area contributed by atoms with Crippen LogP contribution in [-0.4, -0.2) is 18.1 Å². The van der Waals surface area contributed by atoms with Gasteiger partial charge in [0.1, 0.15) is 12.0 Å². The molecular weight excluding hydrogens is 229 g/mol. The molecule has 5 heteroatoms. The topological polar surface area (TPSA) is 50.9 Å². The largest absolute Gasteiger partial charge is 0.383 e. The molecule has 2 unspecified atom stereocenters. The van der Waals surface area contributed by atoms with Crippen molar-refractivity contribution < 1.29 is 4.39 Å². The quantitative estimate of drug-likeness (QED) is 0.838. The number of hydrogen-bond donors (Lipinski definition) is 2. The zero-order valence-corrected chi connectivity index (χ0v) is 9.67. The predicted octanol–water partition coefficient (Wildman–Crippen LogP) is 2.33. The maximum Gasteiger partial charge on any atom is 0.133 e. The molecule has 0 aromatic carbocycles. The average Bonchev–Trinajstić information content (AvgIpc) is 2.32. The number of halogens is 2. The van der Waals surface area contributed by atoms with Crippen molar-refractivity contribution in [2.24, 2.45) is 5.92 Å². The van der Waals surface area contributed by atoms with Gasteiger partial charge >= 0.3 is 0 Å². The second-order valence-electron chi connectivity index (χ2n) is 4.14. The molecule has 1 aliphatic heterocycles. The van der Waals surface area contributed by atoms with E-state index in [1.165, 1.54) is 6.20 Å². The fourth-order valence-corrected chi connectivity index (χ4v) is 2.24. The lowest BCUT2D eigenvalue weighted by Crippen LogP contribution is -2.32. The highest BCUT2D eigenvalue weighted by molar-refractivity contribution is 6.30. The number of piperidine rings is 1. The minimum absolute atomic E-state index is 0.0312. The van der Waals surface area contributed by atoms with Crippen molar-refractivity contribution in [3.05, 3.63) is 22.8 Å². The van der Waals surface area contributed by atoms with Gasteiger partial charge in [0.05, 0.1) is 5.02 Å². The second-order valence-corrected chi connectivity index (χ2v) is 4.57. The number of alkyl halides is 1. The lowest BCUT2D eigenvalue weighted by molar-refractivity contribution is 0.195. The zero-order valence-electron chi connectivity index (χ0n) is 8.92. The summed E-state index contributed by atoms with van der Waals surface area (Å²) < 4.78 is 14.2. The van der Waals surface area contributed by atoms with Crippen molar-refractivity contribution in [1.82, 2.24) is 10.3 Å². The van der Waals surface area contributed by atoms with E-state index in [1.54, 1.807) is 6.07 Å². The summed E-state index contributed by atoms with van der Waals surface area (Å²) in [6, 6.07) is 1.57. The van der Waals surface area contributed by atoms with Crippen molar-refractivity contribution in [3.63, 3.8) is 0 Å². The van der Waals surface area contributed by atoms with Crippen LogP contribution in [0.25, 0.3) is 0 Å². The molecule has 0 aliphatic carbocycles. The maximum absolute atomic E-state index is 14.2. The molecule has 2 atom stereocenters. The van der Waals surface area contributed by atoms with Crippen molar-refractivity contribution >= 4 is 17.4 Å². The molecule has 88 valence electrons. The number of nitrogens with one attached hydrogen (secondary N) is 1. The number of pyridine rings is 1. The second kappa shape index (κ2) is 4.97. The van der Waals surface area contributed by atoms with E-state index in [2.05, 4.69) is 10.3 Å². The third-order valence-electron chi connectivity index (χ3n) is 2.96. The van der Waals surface area contributed by atoms with Crippen LogP contribution in [0.3, 0.4) is 0 Å². The molecule has 3 nitrogen and oxygen atoms in total. The van der Waals surface area contributed by atoms with Gasteiger partial charge in [-0.15, -0.1) is 0 Å². The molecule has 3 N–H and O–H groups in total. The first-order valence-corrected chi connectivity index (χ1v) is 5.82. The Morgan fingerprint density at radius 2 is 2.44 bits per heavy atom. The molecule has 1 aliphatic rings. The van der Waals surface area contributed by atoms with Gasteiger partial charge in [0.25, 0.3) is 0 Å². The SMILES string of the molecule is Nc1ncc(Cl)cc1C(F)C1CCCNC1. The minimum atomic E-state index is -1.08. The minimum Gasteiger partial charge on any atom is -0.383 e. The van der Waals surface area contributed by atoms with Gasteiger partial charge in [-0.05, 0) is 25.5 Å². The number of anilines is 1. The van der Waals surface area contributed by atoms with Crippen molar-refractivity contribution in [1.29, 1.82) is 0 Å². The first-order valence-electron chi connectivity index (χ1n) is 5.44. The fraction of sp³-hybridized carbons (Fsp3) is 0.545. The molecule has 16 heavy (non-hydrogen) atoms. The first-order chi connectivity index (χ1) is 7.68. The number of aromatic nitrogens is 1. The summed E-state index contributed by atoms with van der Waals surface area (Å²) in [4.78, 5) is 3.88. The van der Waals surface area contributed by atoms with Crippen LogP contribution in [0.5, 0.6) is 0 Å². The summed E-state index contributed by atoms with van der Waals surface area (Å²) in [7, 11) is 0. The normalized spacial score (nSPS) is 23.0. The highest BCUT2D eigenvalue weighted by Crippen LogP contribution is 2.34. The maximum atomic E-state index is 14.2. The van der Waals surface area contributed by atoms with Crippen molar-refractivity contribution in [2.75, 3.05) is 18.8 Å². The number of nitrogen functional groups attached to an aromatic ring is 1. The molecule has 0 amide bonds. The van der Waals surface area contributed by atoms with E-state index in [9.17, 15) is 4.39 Å². The molecular formula is C11H15ClFN3. The molecule has 1 aromatic heterocycles. The Morgan fingerprint density at radius 3 is 3.12 bits per heavy atom. The molecule has 0 radical (unpaired) electrons. The Balaban J connectivity index is 2.18. The Kier molecular flexibility index (Phi) is 3.61. The molecule has 0 saturated carbocycles. The van der Waals surface area contributed by atoms with E-state index in [4.69, 9.17) is 17.3 Å². The van der Waals surface area contributed by atoms with Crippen LogP contribution in [0.4, 0.5) is 10.2 Å². The van der Waals surface area contributed by atoms with E-state index in [-0.39, 0.29) is 11.7 Å². The third kappa shape index (κ3) is 2.44. The number of rotatable bonds is 2. The lowest BCUT2D eigenvalue weighted by Gasteiger charge is -2.26. The smallest absolute Gasteiger partial charge is 0.133 e. The van der Waals surface area contributed by atoms with Crippen LogP contribution in [0, 0.1) is 5.92 Å². The molecule has 2 heterocycles. The van der Waals surface area contributed by atoms with Crippen LogP contribution >= 0.6 is 11.6 Å². The molecule has 2 rings (SSSR count). The predicted molar refractivity (Wildman–Crippen MR) is 63.1 cm³/mol. The average molecular weight is 244 g/mol. The Hall–Kier alpha value is -0.870. The Labute approximate surface area is 99.2 Å². The Morgan fingerprint density at radius 1 is 1.62 bits per heavy atom. The van der Waals surface area contributed by atoms with E-state index < -0.39 is 6.17 Å². The van der Waals surface area contributed by atoms with Gasteiger partial charge in [-0.2, -0.15) is 0 Å². The van der Waals surface area contributed by atoms with Gasteiger partial charge in [-0.3, -0.25) is 0 Å². The lowest BCUT2D eigenvalue weighted by atomic mass is 9.91. The molecule has 1 aromatic rings. The fourth-order valence-electron chi connectivity index (χ4n) is 2.07. The highest BCUT2D eigenvalue weighted by atomic mass is 35.5. The van der Waals surface area contributed by atoms with E-state index in [0.29, 0.717) is 17.1 Å². The summed E-state index contributed by atoms with van der Waals surface area (Å²) in [6.07, 6.45) is 2.23. The van der Waals surface area contributed by atoms with E-state index in [1.807, 2.05) is 0 Å². The summed E-state index contributed by atoms with van der Waals surface area (Å²) in [5.41, 5.74) is 6.08. The van der Waals surface area contributed by atoms with Crippen LogP contribution in [0.15, 0.2) is 12.3 Å².